The van der Waals surface area contributed by atoms with E-state index in [0.717, 1.165) is 0 Å². The van der Waals surface area contributed by atoms with Crippen molar-refractivity contribution in [2.24, 2.45) is 0 Å². The van der Waals surface area contributed by atoms with Crippen molar-refractivity contribution in [2.45, 2.75) is 0 Å². The van der Waals surface area contributed by atoms with E-state index in [1.807, 2.05) is 0 Å². The molecule has 0 saturated carbocycles. The molecule has 1 radical (unpaired) electrons. The molecule has 0 aromatic carbocycles. The first-order chi connectivity index (χ1) is 0. The van der Waals surface area contributed by atoms with Crippen LogP contribution in [0.15, 0.2) is 0 Å². The van der Waals surface area contributed by atoms with E-state index >= 15 is 0 Å². The first-order valence-corrected chi connectivity index (χ1v) is 0. The predicted molar refractivity (Wildman–Crippen MR) is 8.54 cm³/mol. The molecule has 0 aliphatic rings. The van der Waals surface area contributed by atoms with Gasteiger partial charge >= 0.3 is 23.7 Å². The Morgan fingerprint density at radius 1 is 1.00 bits per heavy atom. The van der Waals surface area contributed by atoms with Gasteiger partial charge in [-0.25, -0.2) is 0 Å². The third-order valence-electron chi connectivity index (χ3n) is 0. The van der Waals surface area contributed by atoms with Crippen LogP contribution < -0.4 is 0 Å². The minimum Gasteiger partial charge on any atom is 0 e. The predicted octanol–water partition coefficient (Wildman–Crippen LogP) is -0.919. The second-order valence-electron chi connectivity index (χ2n) is 0. The van der Waals surface area contributed by atoms with Crippen molar-refractivity contribution in [2.75, 3.05) is 0 Å². The van der Waals surface area contributed by atoms with Gasteiger partial charge in [0.05, 0.1) is 0 Å². The summed E-state index contributed by atoms with van der Waals surface area (Å²) in [5, 5.41) is 0. The van der Waals surface area contributed by atoms with Crippen LogP contribution in [0.5, 0.6) is 0 Å². The van der Waals surface area contributed by atoms with Gasteiger partial charge in [0.15, 0.2) is 0 Å². The van der Waals surface area contributed by atoms with E-state index < -0.39 is 0 Å². The quantitative estimate of drug-likeness (QED) is 0.320. The van der Waals surface area contributed by atoms with E-state index in [2.05, 4.69) is 0 Å². The Hall–Kier alpha value is 4.19. The molecule has 0 saturated heterocycles. The van der Waals surface area contributed by atoms with Crippen LogP contribution in [0.4, 0.5) is 0 Å². The van der Waals surface area contributed by atoms with E-state index in [9.17, 15) is 0 Å². The molecule has 0 N–H and O–H groups in total. The van der Waals surface area contributed by atoms with Gasteiger partial charge in [0.2, 0.25) is 0 Å². The molecule has 19 valence electrons. The third-order valence-corrected chi connectivity index (χ3v) is 0. The summed E-state index contributed by atoms with van der Waals surface area (Å²) in [6, 6.07) is 0. The van der Waals surface area contributed by atoms with Crippen molar-refractivity contribution in [1.82, 2.24) is 0 Å². The van der Waals surface area contributed by atoms with Crippen LogP contribution in [0.3, 0.4) is 0 Å². The smallest absolute Gasteiger partial charge is 0 e. The maximum Gasteiger partial charge on any atom is 0 e. The van der Waals surface area contributed by atoms with Crippen molar-refractivity contribution in [3.8, 4) is 0 Å². The maximum atomic E-state index is 0. The van der Waals surface area contributed by atoms with Gasteiger partial charge in [0.25, 0.3) is 0 Å². The molecule has 0 atom stereocenters. The second-order valence-corrected chi connectivity index (χ2v) is 0. The minimum absolute atomic E-state index is 0. The average Bonchev–Trinajstić information content (AvgIpc) is 0. The Morgan fingerprint density at radius 2 is 1.00 bits per heavy atom. The molecule has 4 heavy (non-hydrogen) atoms. The summed E-state index contributed by atoms with van der Waals surface area (Å²) in [6.45, 7) is 0. The Balaban J connectivity index is 0. The fourth-order valence-electron chi connectivity index (χ4n) is 0. The van der Waals surface area contributed by atoms with Crippen LogP contribution in [0.2, 0.25) is 0 Å². The third kappa shape index (κ3) is 9.50. The van der Waals surface area contributed by atoms with Gasteiger partial charge in [0, 0.05) is 102 Å². The van der Waals surface area contributed by atoms with Crippen LogP contribution in [-0.4, -0.2) is 23.7 Å². The first-order valence-electron chi connectivity index (χ1n) is 0. The van der Waals surface area contributed by atoms with Crippen LogP contribution in [-0.2, 0) is 26.2 Å². The van der Waals surface area contributed by atoms with E-state index in [1.165, 1.54) is 0 Å². The molecule has 0 unspecified atom stereocenters. The van der Waals surface area contributed by atoms with Gasteiger partial charge in [-0.2, -0.15) is 0 Å². The molecule has 0 aliphatic carbocycles. The number of hydrogen-bond donors (Lipinski definition) is 0. The summed E-state index contributed by atoms with van der Waals surface area (Å²) in [5.74, 6) is 0. The zero-order valence-electron chi connectivity index (χ0n) is 2.08. The Labute approximate surface area is 122 Å². The van der Waals surface area contributed by atoms with E-state index in [0.29, 0.717) is 0 Å². The van der Waals surface area contributed by atoms with Crippen molar-refractivity contribution in [3.05, 3.63) is 0 Å². The second kappa shape index (κ2) is 15.7. The summed E-state index contributed by atoms with van der Waals surface area (Å²) in [7, 11) is 0. The zero-order valence-corrected chi connectivity index (χ0v) is 15.1. The molecule has 0 nitrogen and oxygen atoms in total. The summed E-state index contributed by atoms with van der Waals surface area (Å²) in [5.41, 5.74) is 0. The standard InChI is InChI=1S/La.H2Te.Th.Zr/h;1H2;;. The molecular weight excluding hydrogens is 590 g/mol. The Kier molecular flexibility index (Phi) is 94.6. The normalized spacial score (nSPS) is 0. The van der Waals surface area contributed by atoms with Crippen molar-refractivity contribution < 1.29 is 102 Å². The van der Waals surface area contributed by atoms with Crippen molar-refractivity contribution >= 4 is 23.7 Å². The zero-order chi connectivity index (χ0) is 0. The Bertz CT molecular complexity index is 8.00. The minimum atomic E-state index is 0. The SMILES string of the molecule is [La].[TeH2].[Th].[Zr]. The van der Waals surface area contributed by atoms with E-state index in [1.54, 1.807) is 0 Å². The van der Waals surface area contributed by atoms with E-state index in [-0.39, 0.29) is 125 Å². The van der Waals surface area contributed by atoms with Crippen LogP contribution in [0, 0.1) is 75.5 Å². The van der Waals surface area contributed by atoms with Gasteiger partial charge in [-0.15, -0.1) is 0 Å². The van der Waals surface area contributed by atoms with Gasteiger partial charge in [-0.1, -0.05) is 0 Å². The molecule has 0 spiro atoms. The fraction of sp³-hybridized carbons (Fsp3) is 0. The molecule has 0 fully saturated rings. The van der Waals surface area contributed by atoms with Crippen LogP contribution >= 0.6 is 0 Å². The van der Waals surface area contributed by atoms with Gasteiger partial charge in [-0.05, 0) is 0 Å². The van der Waals surface area contributed by atoms with Gasteiger partial charge in [-0.3, -0.25) is 0 Å². The molecule has 0 aromatic heterocycles. The van der Waals surface area contributed by atoms with Crippen LogP contribution in [0.25, 0.3) is 0 Å². The Morgan fingerprint density at radius 3 is 1.00 bits per heavy atom. The van der Waals surface area contributed by atoms with Crippen molar-refractivity contribution in [3.63, 3.8) is 0 Å². The number of hydrogen-bond acceptors (Lipinski definition) is 0. The first kappa shape index (κ1) is 24.1. The summed E-state index contributed by atoms with van der Waals surface area (Å²) in [4.78, 5) is 0. The monoisotopic (exact) mass is 593 g/mol. The molecule has 0 heterocycles. The largest absolute Gasteiger partial charge is 0 e. The average molecular weight is 592 g/mol. The molecule has 0 rings (SSSR count). The molecule has 4 heteroatoms. The maximum absolute atomic E-state index is 0. The molecule has 0 amide bonds. The molecule has 0 aromatic rings. The molecular formula is H2LaTeThZr. The topological polar surface area (TPSA) is 0 Å². The van der Waals surface area contributed by atoms with Gasteiger partial charge in [0.1, 0.15) is 0 Å². The summed E-state index contributed by atoms with van der Waals surface area (Å²) in [6.07, 6.45) is 0. The van der Waals surface area contributed by atoms with Gasteiger partial charge < -0.3 is 0 Å². The summed E-state index contributed by atoms with van der Waals surface area (Å²) < 4.78 is 0. The molecule has 0 aliphatic heterocycles. The number of rotatable bonds is 0. The summed E-state index contributed by atoms with van der Waals surface area (Å²) >= 11 is 0. The van der Waals surface area contributed by atoms with E-state index in [4.69, 9.17) is 0 Å². The van der Waals surface area contributed by atoms with Crippen molar-refractivity contribution in [1.29, 1.82) is 0 Å². The fourth-order valence-corrected chi connectivity index (χ4v) is 0. The van der Waals surface area contributed by atoms with Crippen LogP contribution in [0.1, 0.15) is 0 Å². The molecule has 0 bridgehead atoms.